The van der Waals surface area contributed by atoms with Gasteiger partial charge in [0, 0.05) is 11.3 Å². The van der Waals surface area contributed by atoms with Crippen molar-refractivity contribution in [3.8, 4) is 0 Å². The van der Waals surface area contributed by atoms with Crippen LogP contribution < -0.4 is 0 Å². The second-order valence-corrected chi connectivity index (χ2v) is 5.47. The lowest BCUT2D eigenvalue weighted by Gasteiger charge is -2.30. The summed E-state index contributed by atoms with van der Waals surface area (Å²) in [4.78, 5) is 3.91. The van der Waals surface area contributed by atoms with Gasteiger partial charge >= 0.3 is 0 Å². The number of halogens is 1. The molecular weight excluding hydrogens is 238 g/mol. The van der Waals surface area contributed by atoms with Crippen molar-refractivity contribution >= 4 is 17.3 Å². The van der Waals surface area contributed by atoms with Gasteiger partial charge in [-0.05, 0) is 5.92 Å². The quantitative estimate of drug-likeness (QED) is 0.824. The van der Waals surface area contributed by atoms with Crippen molar-refractivity contribution in [1.29, 1.82) is 0 Å². The van der Waals surface area contributed by atoms with Gasteiger partial charge in [0.15, 0.2) is 0 Å². The van der Waals surface area contributed by atoms with E-state index in [0.29, 0.717) is 11.8 Å². The third kappa shape index (κ3) is 3.54. The lowest BCUT2D eigenvalue weighted by Crippen LogP contribution is -2.34. The van der Waals surface area contributed by atoms with Gasteiger partial charge in [-0.3, -0.25) is 0 Å². The van der Waals surface area contributed by atoms with E-state index >= 15 is 0 Å². The zero-order valence-corrected chi connectivity index (χ0v) is 11.5. The molecule has 1 N–H and O–H groups in total. The van der Waals surface area contributed by atoms with E-state index in [1.54, 1.807) is 11.0 Å². The van der Waals surface area contributed by atoms with Gasteiger partial charge in [0.2, 0.25) is 0 Å². The molecule has 0 fully saturated rings. The van der Waals surface area contributed by atoms with Gasteiger partial charge in [0.05, 0.1) is 5.70 Å². The van der Waals surface area contributed by atoms with Crippen LogP contribution in [0.25, 0.3) is 5.70 Å². The number of alkyl halides is 1. The molecule has 1 atom stereocenters. The maximum atomic E-state index is 10.4. The second kappa shape index (κ2) is 5.65. The third-order valence-electron chi connectivity index (χ3n) is 2.55. The van der Waals surface area contributed by atoms with Crippen LogP contribution >= 0.6 is 11.6 Å². The molecule has 4 nitrogen and oxygen atoms in total. The summed E-state index contributed by atoms with van der Waals surface area (Å²) in [5, 5.41) is 14.5. The number of hydrogen-bond donors (Lipinski definition) is 1. The number of aliphatic hydroxyl groups is 1. The Morgan fingerprint density at radius 1 is 1.53 bits per heavy atom. The van der Waals surface area contributed by atoms with Crippen LogP contribution in [0.1, 0.15) is 27.7 Å². The summed E-state index contributed by atoms with van der Waals surface area (Å²) < 4.78 is 1.60. The molecule has 0 bridgehead atoms. The number of aromatic nitrogens is 3. The number of rotatable bonds is 5. The van der Waals surface area contributed by atoms with Crippen molar-refractivity contribution in [2.75, 3.05) is 5.88 Å². The fourth-order valence-corrected chi connectivity index (χ4v) is 1.60. The highest BCUT2D eigenvalue weighted by Gasteiger charge is 2.31. The van der Waals surface area contributed by atoms with Gasteiger partial charge in [-0.15, -0.1) is 11.6 Å². The third-order valence-corrected chi connectivity index (χ3v) is 3.24. The number of nitrogens with zero attached hydrogens (tertiary/aromatic N) is 3. The lowest BCUT2D eigenvalue weighted by atomic mass is 9.86. The Kier molecular flexibility index (Phi) is 4.71. The summed E-state index contributed by atoms with van der Waals surface area (Å²) in [6.07, 6.45) is 4.34. The van der Waals surface area contributed by atoms with E-state index in [2.05, 4.69) is 23.9 Å². The Hall–Kier alpha value is -0.870. The first-order chi connectivity index (χ1) is 7.88. The summed E-state index contributed by atoms with van der Waals surface area (Å²) in [7, 11) is 0. The van der Waals surface area contributed by atoms with Crippen molar-refractivity contribution in [2.45, 2.75) is 33.8 Å². The predicted octanol–water partition coefficient (Wildman–Crippen LogP) is 2.40. The molecule has 0 aliphatic heterocycles. The lowest BCUT2D eigenvalue weighted by molar-refractivity contribution is 0.110. The van der Waals surface area contributed by atoms with E-state index < -0.39 is 11.5 Å². The molecule has 1 aromatic rings. The van der Waals surface area contributed by atoms with Crippen LogP contribution in [-0.4, -0.2) is 31.9 Å². The van der Waals surface area contributed by atoms with Crippen molar-refractivity contribution in [2.24, 2.45) is 11.3 Å². The standard InChI is InChI=1S/C12H20ClN3O/c1-9(2)5-10(16-8-14-7-15-16)11(17)12(3,4)6-13/h5,7-9,11,17H,6H2,1-4H3. The normalized spacial score (nSPS) is 15.4. The summed E-state index contributed by atoms with van der Waals surface area (Å²) in [5.41, 5.74) is 0.317. The Morgan fingerprint density at radius 3 is 2.59 bits per heavy atom. The molecule has 0 spiro atoms. The number of aliphatic hydroxyl groups excluding tert-OH is 1. The average molecular weight is 258 g/mol. The Labute approximate surface area is 107 Å². The zero-order valence-electron chi connectivity index (χ0n) is 10.8. The topological polar surface area (TPSA) is 50.9 Å². The maximum absolute atomic E-state index is 10.4. The fourth-order valence-electron chi connectivity index (χ4n) is 1.45. The minimum Gasteiger partial charge on any atom is -0.386 e. The van der Waals surface area contributed by atoms with Crippen LogP contribution in [-0.2, 0) is 0 Å². The molecule has 0 radical (unpaired) electrons. The smallest absolute Gasteiger partial charge is 0.138 e. The molecule has 5 heteroatoms. The first kappa shape index (κ1) is 14.2. The Bertz CT molecular complexity index is 371. The van der Waals surface area contributed by atoms with Gasteiger partial charge in [0.25, 0.3) is 0 Å². The number of hydrogen-bond acceptors (Lipinski definition) is 3. The first-order valence-corrected chi connectivity index (χ1v) is 6.22. The SMILES string of the molecule is CC(C)C=C(C(O)C(C)(C)CCl)n1cncn1. The van der Waals surface area contributed by atoms with Crippen molar-refractivity contribution in [1.82, 2.24) is 14.8 Å². The molecule has 0 aliphatic rings. The summed E-state index contributed by atoms with van der Waals surface area (Å²) in [6, 6.07) is 0. The molecule has 96 valence electrons. The molecule has 17 heavy (non-hydrogen) atoms. The average Bonchev–Trinajstić information content (AvgIpc) is 2.77. The minimum atomic E-state index is -0.677. The minimum absolute atomic E-state index is 0.315. The Morgan fingerprint density at radius 2 is 2.18 bits per heavy atom. The molecule has 0 saturated carbocycles. The van der Waals surface area contributed by atoms with Gasteiger partial charge in [-0.1, -0.05) is 33.8 Å². The molecule has 1 heterocycles. The van der Waals surface area contributed by atoms with Gasteiger partial charge in [0.1, 0.15) is 18.8 Å². The van der Waals surface area contributed by atoms with E-state index in [0.717, 1.165) is 5.70 Å². The van der Waals surface area contributed by atoms with Crippen molar-refractivity contribution in [3.63, 3.8) is 0 Å². The molecule has 0 aromatic carbocycles. The van der Waals surface area contributed by atoms with Gasteiger partial charge in [-0.2, -0.15) is 5.10 Å². The molecule has 1 rings (SSSR count). The summed E-state index contributed by atoms with van der Waals surface area (Å²) in [6.45, 7) is 7.96. The van der Waals surface area contributed by atoms with Gasteiger partial charge in [-0.25, -0.2) is 9.67 Å². The van der Waals surface area contributed by atoms with Crippen LogP contribution in [0.5, 0.6) is 0 Å². The van der Waals surface area contributed by atoms with Crippen LogP contribution in [0.2, 0.25) is 0 Å². The van der Waals surface area contributed by atoms with E-state index in [-0.39, 0.29) is 0 Å². The summed E-state index contributed by atoms with van der Waals surface area (Å²) in [5.74, 6) is 0.688. The molecule has 0 amide bonds. The van der Waals surface area contributed by atoms with Gasteiger partial charge < -0.3 is 5.11 Å². The van der Waals surface area contributed by atoms with Crippen molar-refractivity contribution in [3.05, 3.63) is 18.7 Å². The second-order valence-electron chi connectivity index (χ2n) is 5.20. The highest BCUT2D eigenvalue weighted by atomic mass is 35.5. The Balaban J connectivity index is 3.09. The summed E-state index contributed by atoms with van der Waals surface area (Å²) >= 11 is 5.90. The predicted molar refractivity (Wildman–Crippen MR) is 69.6 cm³/mol. The monoisotopic (exact) mass is 257 g/mol. The van der Waals surface area contributed by atoms with E-state index in [9.17, 15) is 5.11 Å². The van der Waals surface area contributed by atoms with E-state index in [4.69, 9.17) is 11.6 Å². The molecular formula is C12H20ClN3O. The fraction of sp³-hybridized carbons (Fsp3) is 0.667. The van der Waals surface area contributed by atoms with E-state index in [1.807, 2.05) is 19.9 Å². The van der Waals surface area contributed by atoms with Crippen LogP contribution in [0.3, 0.4) is 0 Å². The van der Waals surface area contributed by atoms with Crippen molar-refractivity contribution < 1.29 is 5.11 Å². The van der Waals surface area contributed by atoms with Crippen LogP contribution in [0.4, 0.5) is 0 Å². The molecule has 0 aliphatic carbocycles. The number of allylic oxidation sites excluding steroid dienone is 1. The molecule has 1 aromatic heterocycles. The molecule has 0 saturated heterocycles. The first-order valence-electron chi connectivity index (χ1n) is 5.69. The highest BCUT2D eigenvalue weighted by Crippen LogP contribution is 2.29. The van der Waals surface area contributed by atoms with Crippen LogP contribution in [0, 0.1) is 11.3 Å². The highest BCUT2D eigenvalue weighted by molar-refractivity contribution is 6.18. The largest absolute Gasteiger partial charge is 0.386 e. The van der Waals surface area contributed by atoms with Crippen LogP contribution in [0.15, 0.2) is 18.7 Å². The molecule has 1 unspecified atom stereocenters. The zero-order chi connectivity index (χ0) is 13.1. The van der Waals surface area contributed by atoms with E-state index in [1.165, 1.54) is 6.33 Å². The maximum Gasteiger partial charge on any atom is 0.138 e.